The highest BCUT2D eigenvalue weighted by Crippen LogP contribution is 2.28. The van der Waals surface area contributed by atoms with Crippen molar-refractivity contribution in [1.29, 1.82) is 0 Å². The van der Waals surface area contributed by atoms with Crippen LogP contribution in [-0.2, 0) is 5.75 Å². The molecule has 0 saturated carbocycles. The molecule has 0 unspecified atom stereocenters. The number of pyridine rings is 1. The molecule has 0 radical (unpaired) electrons. The number of H-pyrrole nitrogens is 1. The Morgan fingerprint density at radius 1 is 1.14 bits per heavy atom. The van der Waals surface area contributed by atoms with Crippen molar-refractivity contribution < 1.29 is 9.47 Å². The lowest BCUT2D eigenvalue weighted by atomic mass is 10.2. The molecule has 0 amide bonds. The molecular formula is C15H15N3O2S. The Hall–Kier alpha value is -2.21. The van der Waals surface area contributed by atoms with Crippen LogP contribution in [-0.4, -0.2) is 29.2 Å². The number of benzene rings is 1. The van der Waals surface area contributed by atoms with Crippen LogP contribution in [0.1, 0.15) is 5.56 Å². The van der Waals surface area contributed by atoms with Crippen LogP contribution in [0.5, 0.6) is 11.5 Å². The molecule has 0 atom stereocenters. The van der Waals surface area contributed by atoms with E-state index in [0.717, 1.165) is 39.0 Å². The molecular weight excluding hydrogens is 286 g/mol. The van der Waals surface area contributed by atoms with Gasteiger partial charge in [-0.15, -0.1) is 0 Å². The third-order valence-corrected chi connectivity index (χ3v) is 3.99. The zero-order valence-corrected chi connectivity index (χ0v) is 12.6. The van der Waals surface area contributed by atoms with E-state index in [-0.39, 0.29) is 0 Å². The number of nitrogens with one attached hydrogen (secondary N) is 1. The maximum Gasteiger partial charge on any atom is 0.166 e. The zero-order chi connectivity index (χ0) is 14.7. The van der Waals surface area contributed by atoms with Crippen molar-refractivity contribution in [3.63, 3.8) is 0 Å². The summed E-state index contributed by atoms with van der Waals surface area (Å²) >= 11 is 1.63. The number of ether oxygens (including phenoxy) is 2. The lowest BCUT2D eigenvalue weighted by molar-refractivity contribution is 0.393. The van der Waals surface area contributed by atoms with Crippen molar-refractivity contribution >= 4 is 22.8 Å². The predicted octanol–water partition coefficient (Wildman–Crippen LogP) is 3.27. The first-order valence-corrected chi connectivity index (χ1v) is 7.41. The number of rotatable bonds is 5. The molecule has 0 spiro atoms. The van der Waals surface area contributed by atoms with Crippen molar-refractivity contribution in [3.05, 3.63) is 42.2 Å². The summed E-state index contributed by atoms with van der Waals surface area (Å²) in [5, 5.41) is 0.875. The van der Waals surface area contributed by atoms with Gasteiger partial charge in [0.1, 0.15) is 17.0 Å². The number of imidazole rings is 1. The Balaban J connectivity index is 1.77. The number of methoxy groups -OCH3 is 2. The van der Waals surface area contributed by atoms with Crippen molar-refractivity contribution in [2.24, 2.45) is 0 Å². The second-order valence-electron chi connectivity index (χ2n) is 4.44. The summed E-state index contributed by atoms with van der Waals surface area (Å²) < 4.78 is 10.6. The third-order valence-electron chi connectivity index (χ3n) is 3.05. The Kier molecular flexibility index (Phi) is 3.96. The first-order valence-electron chi connectivity index (χ1n) is 6.43. The van der Waals surface area contributed by atoms with Gasteiger partial charge >= 0.3 is 0 Å². The Labute approximate surface area is 126 Å². The second kappa shape index (κ2) is 6.05. The first kappa shape index (κ1) is 13.8. The van der Waals surface area contributed by atoms with Gasteiger partial charge in [-0.3, -0.25) is 4.98 Å². The molecule has 3 aromatic rings. The maximum atomic E-state index is 5.28. The van der Waals surface area contributed by atoms with Gasteiger partial charge in [-0.25, -0.2) is 4.98 Å². The highest BCUT2D eigenvalue weighted by atomic mass is 32.2. The Bertz CT molecular complexity index is 702. The summed E-state index contributed by atoms with van der Waals surface area (Å²) in [6.45, 7) is 0. The minimum Gasteiger partial charge on any atom is -0.497 e. The van der Waals surface area contributed by atoms with E-state index in [9.17, 15) is 0 Å². The van der Waals surface area contributed by atoms with E-state index in [1.54, 1.807) is 38.4 Å². The first-order chi connectivity index (χ1) is 10.3. The summed E-state index contributed by atoms with van der Waals surface area (Å²) in [6.07, 6.45) is 3.51. The highest BCUT2D eigenvalue weighted by molar-refractivity contribution is 7.98. The lowest BCUT2D eigenvalue weighted by Crippen LogP contribution is -1.90. The van der Waals surface area contributed by atoms with E-state index in [1.807, 2.05) is 24.3 Å². The van der Waals surface area contributed by atoms with Crippen molar-refractivity contribution in [2.75, 3.05) is 14.2 Å². The summed E-state index contributed by atoms with van der Waals surface area (Å²) in [7, 11) is 3.30. The molecule has 0 fully saturated rings. The summed E-state index contributed by atoms with van der Waals surface area (Å²) in [5.74, 6) is 2.36. The van der Waals surface area contributed by atoms with E-state index >= 15 is 0 Å². The molecule has 21 heavy (non-hydrogen) atoms. The monoisotopic (exact) mass is 301 g/mol. The maximum absolute atomic E-state index is 5.28. The van der Waals surface area contributed by atoms with E-state index in [2.05, 4.69) is 15.0 Å². The summed E-state index contributed by atoms with van der Waals surface area (Å²) in [6, 6.07) is 7.78. The van der Waals surface area contributed by atoms with Crippen LogP contribution in [0.25, 0.3) is 11.0 Å². The number of hydrogen-bond donors (Lipinski definition) is 1. The van der Waals surface area contributed by atoms with Crippen LogP contribution in [0.15, 0.2) is 41.8 Å². The smallest absolute Gasteiger partial charge is 0.166 e. The van der Waals surface area contributed by atoms with Crippen molar-refractivity contribution in [2.45, 2.75) is 10.9 Å². The van der Waals surface area contributed by atoms with Crippen LogP contribution in [0.2, 0.25) is 0 Å². The van der Waals surface area contributed by atoms with Gasteiger partial charge in [-0.2, -0.15) is 0 Å². The molecule has 2 heterocycles. The molecule has 0 aliphatic carbocycles. The van der Waals surface area contributed by atoms with Gasteiger partial charge in [0.05, 0.1) is 25.9 Å². The van der Waals surface area contributed by atoms with Gasteiger partial charge in [-0.1, -0.05) is 11.8 Å². The fraction of sp³-hybridized carbons (Fsp3) is 0.200. The Morgan fingerprint density at radius 3 is 2.57 bits per heavy atom. The fourth-order valence-corrected chi connectivity index (χ4v) is 2.82. The topological polar surface area (TPSA) is 60.0 Å². The number of hydrogen-bond acceptors (Lipinski definition) is 5. The number of nitrogens with zero attached hydrogens (tertiary/aromatic N) is 2. The number of fused-ring (bicyclic) bond motifs is 1. The molecule has 0 saturated heterocycles. The summed E-state index contributed by atoms with van der Waals surface area (Å²) in [5.41, 5.74) is 2.99. The average Bonchev–Trinajstić information content (AvgIpc) is 2.95. The fourth-order valence-electron chi connectivity index (χ4n) is 2.00. The van der Waals surface area contributed by atoms with Gasteiger partial charge in [-0.05, 0) is 23.8 Å². The zero-order valence-electron chi connectivity index (χ0n) is 11.8. The van der Waals surface area contributed by atoms with E-state index in [0.29, 0.717) is 0 Å². The van der Waals surface area contributed by atoms with Gasteiger partial charge in [0.15, 0.2) is 5.16 Å². The summed E-state index contributed by atoms with van der Waals surface area (Å²) in [4.78, 5) is 11.8. The normalized spacial score (nSPS) is 10.8. The molecule has 5 nitrogen and oxygen atoms in total. The largest absolute Gasteiger partial charge is 0.497 e. The van der Waals surface area contributed by atoms with Gasteiger partial charge in [0.25, 0.3) is 0 Å². The highest BCUT2D eigenvalue weighted by Gasteiger charge is 2.06. The molecule has 3 rings (SSSR count). The minimum absolute atomic E-state index is 0.779. The molecule has 1 aromatic carbocycles. The third kappa shape index (κ3) is 3.11. The SMILES string of the molecule is COc1cc(CSc2nc3cnccc3[nH]2)cc(OC)c1. The molecule has 2 aromatic heterocycles. The number of aromatic nitrogens is 3. The predicted molar refractivity (Wildman–Crippen MR) is 83.0 cm³/mol. The van der Waals surface area contributed by atoms with Crippen LogP contribution >= 0.6 is 11.8 Å². The quantitative estimate of drug-likeness (QED) is 0.733. The molecule has 0 bridgehead atoms. The second-order valence-corrected chi connectivity index (χ2v) is 5.41. The van der Waals surface area contributed by atoms with E-state index < -0.39 is 0 Å². The molecule has 6 heteroatoms. The van der Waals surface area contributed by atoms with E-state index in [4.69, 9.17) is 9.47 Å². The van der Waals surface area contributed by atoms with E-state index in [1.165, 1.54) is 0 Å². The molecule has 108 valence electrons. The van der Waals surface area contributed by atoms with Crippen molar-refractivity contribution in [3.8, 4) is 11.5 Å². The van der Waals surface area contributed by atoms with Gasteiger partial charge in [0, 0.05) is 18.0 Å². The van der Waals surface area contributed by atoms with Crippen LogP contribution < -0.4 is 9.47 Å². The number of aromatic amines is 1. The minimum atomic E-state index is 0.779. The molecule has 0 aliphatic heterocycles. The van der Waals surface area contributed by atoms with Gasteiger partial charge in [0.2, 0.25) is 0 Å². The van der Waals surface area contributed by atoms with Crippen LogP contribution in [0.3, 0.4) is 0 Å². The Morgan fingerprint density at radius 2 is 1.90 bits per heavy atom. The standard InChI is InChI=1S/C15H15N3O2S/c1-19-11-5-10(6-12(7-11)20-2)9-21-15-17-13-3-4-16-8-14(13)18-15/h3-8H,9H2,1-2H3,(H,17,18). The van der Waals surface area contributed by atoms with Crippen LogP contribution in [0.4, 0.5) is 0 Å². The average molecular weight is 301 g/mol. The molecule has 0 aliphatic rings. The van der Waals surface area contributed by atoms with Gasteiger partial charge < -0.3 is 14.5 Å². The lowest BCUT2D eigenvalue weighted by Gasteiger charge is -2.07. The molecule has 1 N–H and O–H groups in total. The van der Waals surface area contributed by atoms with Crippen LogP contribution in [0, 0.1) is 0 Å². The number of thioether (sulfide) groups is 1. The van der Waals surface area contributed by atoms with Crippen molar-refractivity contribution in [1.82, 2.24) is 15.0 Å².